The third-order valence-electron chi connectivity index (χ3n) is 3.55. The lowest BCUT2D eigenvalue weighted by atomic mass is 10.3. The molecule has 3 rings (SSSR count). The third-order valence-corrected chi connectivity index (χ3v) is 3.55. The number of nitrogens with one attached hydrogen (secondary N) is 1. The fourth-order valence-corrected chi connectivity index (χ4v) is 2.18. The molecule has 0 aromatic carbocycles. The molecule has 0 bridgehead atoms. The van der Waals surface area contributed by atoms with E-state index < -0.39 is 0 Å². The number of rotatable bonds is 5. The van der Waals surface area contributed by atoms with Gasteiger partial charge in [-0.15, -0.1) is 12.4 Å². The maximum atomic E-state index is 4.55. The lowest BCUT2D eigenvalue weighted by Gasteiger charge is -2.05. The Bertz CT molecular complexity index is 568. The minimum absolute atomic E-state index is 0. The molecule has 1 saturated carbocycles. The van der Waals surface area contributed by atoms with E-state index in [0.717, 1.165) is 12.4 Å². The van der Waals surface area contributed by atoms with Crippen LogP contribution in [0.4, 0.5) is 5.82 Å². The van der Waals surface area contributed by atoms with Crippen molar-refractivity contribution in [1.29, 1.82) is 0 Å². The van der Waals surface area contributed by atoms with Gasteiger partial charge in [-0.3, -0.25) is 9.36 Å². The van der Waals surface area contributed by atoms with Crippen molar-refractivity contribution in [3.63, 3.8) is 0 Å². The Morgan fingerprint density at radius 3 is 2.75 bits per heavy atom. The van der Waals surface area contributed by atoms with E-state index in [1.165, 1.54) is 24.1 Å². The Labute approximate surface area is 125 Å². The van der Waals surface area contributed by atoms with Gasteiger partial charge in [-0.25, -0.2) is 0 Å². The van der Waals surface area contributed by atoms with E-state index in [9.17, 15) is 0 Å². The van der Waals surface area contributed by atoms with Gasteiger partial charge < -0.3 is 5.32 Å². The average molecular weight is 296 g/mol. The molecular weight excluding hydrogens is 274 g/mol. The first-order valence-electron chi connectivity index (χ1n) is 6.94. The normalized spacial score (nSPS) is 14.4. The van der Waals surface area contributed by atoms with Crippen LogP contribution in [0.2, 0.25) is 0 Å². The number of nitrogens with zero attached hydrogens (tertiary/aromatic N) is 4. The van der Waals surface area contributed by atoms with Crippen LogP contribution in [0.5, 0.6) is 0 Å². The van der Waals surface area contributed by atoms with Gasteiger partial charge in [0.15, 0.2) is 0 Å². The highest BCUT2D eigenvalue weighted by Crippen LogP contribution is 2.39. The van der Waals surface area contributed by atoms with Crippen molar-refractivity contribution >= 4 is 18.2 Å². The van der Waals surface area contributed by atoms with Crippen molar-refractivity contribution < 1.29 is 0 Å². The number of aryl methyl sites for hydroxylation is 1. The highest BCUT2D eigenvalue weighted by Gasteiger charge is 2.26. The SMILES string of the molecule is CC(C)n1cc(CNc2cc(C3CC3)nn2C)cn1.Cl. The van der Waals surface area contributed by atoms with E-state index in [1.54, 1.807) is 0 Å². The molecule has 0 atom stereocenters. The second kappa shape index (κ2) is 5.87. The van der Waals surface area contributed by atoms with Crippen LogP contribution in [0.3, 0.4) is 0 Å². The lowest BCUT2D eigenvalue weighted by molar-refractivity contribution is 0.532. The van der Waals surface area contributed by atoms with Gasteiger partial charge in [-0.05, 0) is 26.7 Å². The van der Waals surface area contributed by atoms with Gasteiger partial charge >= 0.3 is 0 Å². The highest BCUT2D eigenvalue weighted by molar-refractivity contribution is 5.85. The van der Waals surface area contributed by atoms with Crippen LogP contribution in [0, 0.1) is 0 Å². The van der Waals surface area contributed by atoms with Crippen LogP contribution in [-0.4, -0.2) is 19.6 Å². The summed E-state index contributed by atoms with van der Waals surface area (Å²) in [6.45, 7) is 5.05. The van der Waals surface area contributed by atoms with E-state index in [4.69, 9.17) is 0 Å². The summed E-state index contributed by atoms with van der Waals surface area (Å²) in [5.41, 5.74) is 2.42. The maximum Gasteiger partial charge on any atom is 0.124 e. The van der Waals surface area contributed by atoms with Crippen molar-refractivity contribution in [2.24, 2.45) is 7.05 Å². The van der Waals surface area contributed by atoms with Crippen molar-refractivity contribution in [2.75, 3.05) is 5.32 Å². The van der Waals surface area contributed by atoms with Crippen molar-refractivity contribution in [3.05, 3.63) is 29.7 Å². The zero-order chi connectivity index (χ0) is 13.4. The Morgan fingerprint density at radius 2 is 2.15 bits per heavy atom. The average Bonchev–Trinajstić information content (AvgIpc) is 2.99. The molecule has 2 heterocycles. The van der Waals surface area contributed by atoms with E-state index >= 15 is 0 Å². The molecule has 2 aromatic rings. The lowest BCUT2D eigenvalue weighted by Crippen LogP contribution is -2.04. The van der Waals surface area contributed by atoms with Gasteiger partial charge in [-0.2, -0.15) is 10.2 Å². The fraction of sp³-hybridized carbons (Fsp3) is 0.571. The molecule has 110 valence electrons. The molecule has 0 unspecified atom stereocenters. The van der Waals surface area contributed by atoms with Crippen molar-refractivity contribution in [1.82, 2.24) is 19.6 Å². The molecule has 6 heteroatoms. The summed E-state index contributed by atoms with van der Waals surface area (Å²) >= 11 is 0. The Hall–Kier alpha value is -1.49. The first-order valence-corrected chi connectivity index (χ1v) is 6.94. The summed E-state index contributed by atoms with van der Waals surface area (Å²) in [4.78, 5) is 0. The summed E-state index contributed by atoms with van der Waals surface area (Å²) in [5.74, 6) is 1.78. The number of halogens is 1. The van der Waals surface area contributed by atoms with E-state index in [1.807, 2.05) is 22.6 Å². The summed E-state index contributed by atoms with van der Waals surface area (Å²) in [5, 5.41) is 12.3. The van der Waals surface area contributed by atoms with Gasteiger partial charge in [0, 0.05) is 43.4 Å². The van der Waals surface area contributed by atoms with Crippen LogP contribution in [0.1, 0.15) is 49.9 Å². The van der Waals surface area contributed by atoms with Gasteiger partial charge in [0.1, 0.15) is 5.82 Å². The second-order valence-corrected chi connectivity index (χ2v) is 5.63. The van der Waals surface area contributed by atoms with Gasteiger partial charge in [0.2, 0.25) is 0 Å². The second-order valence-electron chi connectivity index (χ2n) is 5.63. The van der Waals surface area contributed by atoms with Crippen molar-refractivity contribution in [3.8, 4) is 0 Å². The van der Waals surface area contributed by atoms with E-state index in [0.29, 0.717) is 12.0 Å². The smallest absolute Gasteiger partial charge is 0.124 e. The predicted octanol–water partition coefficient (Wildman–Crippen LogP) is 3.11. The molecule has 1 aliphatic carbocycles. The van der Waals surface area contributed by atoms with Crippen LogP contribution < -0.4 is 5.32 Å². The van der Waals surface area contributed by atoms with Crippen LogP contribution in [0.25, 0.3) is 0 Å². The number of aromatic nitrogens is 4. The van der Waals surface area contributed by atoms with Crippen LogP contribution in [0.15, 0.2) is 18.5 Å². The largest absolute Gasteiger partial charge is 0.366 e. The van der Waals surface area contributed by atoms with Gasteiger partial charge in [0.05, 0.1) is 11.9 Å². The third kappa shape index (κ3) is 3.15. The molecule has 1 N–H and O–H groups in total. The Balaban J connectivity index is 0.00000147. The van der Waals surface area contributed by atoms with Crippen LogP contribution >= 0.6 is 12.4 Å². The zero-order valence-corrected chi connectivity index (χ0v) is 13.0. The molecular formula is C14H22ClN5. The molecule has 20 heavy (non-hydrogen) atoms. The number of hydrogen-bond donors (Lipinski definition) is 1. The van der Waals surface area contributed by atoms with Crippen molar-refractivity contribution in [2.45, 2.75) is 45.2 Å². The molecule has 5 nitrogen and oxygen atoms in total. The predicted molar refractivity (Wildman–Crippen MR) is 82.4 cm³/mol. The monoisotopic (exact) mass is 295 g/mol. The zero-order valence-electron chi connectivity index (χ0n) is 12.2. The molecule has 0 saturated heterocycles. The van der Waals surface area contributed by atoms with E-state index in [2.05, 4.69) is 41.6 Å². The first-order chi connectivity index (χ1) is 9.13. The number of hydrogen-bond acceptors (Lipinski definition) is 3. The fourth-order valence-electron chi connectivity index (χ4n) is 2.18. The first kappa shape index (κ1) is 14.9. The topological polar surface area (TPSA) is 47.7 Å². The minimum Gasteiger partial charge on any atom is -0.366 e. The number of anilines is 1. The quantitative estimate of drug-likeness (QED) is 0.922. The molecule has 1 aliphatic rings. The standard InChI is InChI=1S/C14H21N5.ClH/c1-10(2)19-9-11(8-16-19)7-15-14-6-13(12-4-5-12)17-18(14)3;/h6,8-10,12,15H,4-5,7H2,1-3H3;1H. The molecule has 0 aliphatic heterocycles. The van der Waals surface area contributed by atoms with Gasteiger partial charge in [-0.1, -0.05) is 0 Å². The summed E-state index contributed by atoms with van der Waals surface area (Å²) in [6, 6.07) is 2.58. The molecule has 0 radical (unpaired) electrons. The highest BCUT2D eigenvalue weighted by atomic mass is 35.5. The summed E-state index contributed by atoms with van der Waals surface area (Å²) < 4.78 is 3.91. The Morgan fingerprint density at radius 1 is 1.40 bits per heavy atom. The molecule has 1 fully saturated rings. The maximum absolute atomic E-state index is 4.55. The van der Waals surface area contributed by atoms with E-state index in [-0.39, 0.29) is 12.4 Å². The molecule has 2 aromatic heterocycles. The van der Waals surface area contributed by atoms with Gasteiger partial charge in [0.25, 0.3) is 0 Å². The van der Waals surface area contributed by atoms with Crippen LogP contribution in [-0.2, 0) is 13.6 Å². The minimum atomic E-state index is 0. The summed E-state index contributed by atoms with van der Waals surface area (Å²) in [7, 11) is 1.99. The summed E-state index contributed by atoms with van der Waals surface area (Å²) in [6.07, 6.45) is 6.59. The molecule has 0 spiro atoms. The molecule has 0 amide bonds. The Kier molecular flexibility index (Phi) is 4.38.